The van der Waals surface area contributed by atoms with Crippen molar-refractivity contribution in [3.63, 3.8) is 0 Å². The van der Waals surface area contributed by atoms with E-state index in [1.54, 1.807) is 30.3 Å². The van der Waals surface area contributed by atoms with Crippen molar-refractivity contribution < 1.29 is 8.42 Å². The standard InChI is InChI=1S/C13H11N3O2S/c14-9-10-6-7-13(12(15)8-10)19(17,18)16-11-4-2-1-3-5-11/h1-8,16H,15H2. The van der Waals surface area contributed by atoms with E-state index in [2.05, 4.69) is 4.72 Å². The molecular formula is C13H11N3O2S. The highest BCUT2D eigenvalue weighted by atomic mass is 32.2. The third-order valence-corrected chi connectivity index (χ3v) is 3.91. The van der Waals surface area contributed by atoms with Gasteiger partial charge in [0.2, 0.25) is 0 Å². The van der Waals surface area contributed by atoms with E-state index in [4.69, 9.17) is 11.0 Å². The van der Waals surface area contributed by atoms with Gasteiger partial charge in [-0.2, -0.15) is 5.26 Å². The second kappa shape index (κ2) is 5.00. The summed E-state index contributed by atoms with van der Waals surface area (Å²) in [5.74, 6) is 0. The first kappa shape index (κ1) is 12.9. The molecule has 0 saturated heterocycles. The molecule has 2 aromatic carbocycles. The maximum Gasteiger partial charge on any atom is 0.263 e. The molecule has 19 heavy (non-hydrogen) atoms. The molecule has 0 radical (unpaired) electrons. The molecule has 0 aromatic heterocycles. The van der Waals surface area contributed by atoms with Gasteiger partial charge in [0.05, 0.1) is 17.3 Å². The molecule has 5 nitrogen and oxygen atoms in total. The fraction of sp³-hybridized carbons (Fsp3) is 0. The first-order chi connectivity index (χ1) is 9.03. The Morgan fingerprint density at radius 1 is 1.11 bits per heavy atom. The lowest BCUT2D eigenvalue weighted by atomic mass is 10.2. The molecule has 96 valence electrons. The zero-order valence-electron chi connectivity index (χ0n) is 9.87. The predicted molar refractivity (Wildman–Crippen MR) is 72.8 cm³/mol. The van der Waals surface area contributed by atoms with E-state index in [9.17, 15) is 8.42 Å². The molecule has 6 heteroatoms. The Bertz CT molecular complexity index is 734. The summed E-state index contributed by atoms with van der Waals surface area (Å²) in [6.45, 7) is 0. The van der Waals surface area contributed by atoms with Gasteiger partial charge in [0.15, 0.2) is 0 Å². The number of nitriles is 1. The fourth-order valence-electron chi connectivity index (χ4n) is 1.58. The maximum absolute atomic E-state index is 12.1. The number of nitrogens with two attached hydrogens (primary N) is 1. The maximum atomic E-state index is 12.1. The molecule has 0 saturated carbocycles. The molecular weight excluding hydrogens is 262 g/mol. The van der Waals surface area contributed by atoms with Crippen molar-refractivity contribution in [2.45, 2.75) is 4.90 Å². The van der Waals surface area contributed by atoms with Crippen LogP contribution in [0, 0.1) is 11.3 Å². The van der Waals surface area contributed by atoms with Gasteiger partial charge in [0, 0.05) is 5.69 Å². The highest BCUT2D eigenvalue weighted by molar-refractivity contribution is 7.92. The Morgan fingerprint density at radius 2 is 1.79 bits per heavy atom. The Kier molecular flexibility index (Phi) is 3.40. The minimum absolute atomic E-state index is 0.0440. The Balaban J connectivity index is 2.38. The highest BCUT2D eigenvalue weighted by Gasteiger charge is 2.17. The fourth-order valence-corrected chi connectivity index (χ4v) is 2.75. The largest absolute Gasteiger partial charge is 0.398 e. The van der Waals surface area contributed by atoms with Crippen LogP contribution in [0.3, 0.4) is 0 Å². The number of nitrogens with one attached hydrogen (secondary N) is 1. The van der Waals surface area contributed by atoms with Crippen LogP contribution in [0.2, 0.25) is 0 Å². The normalized spacial score (nSPS) is 10.7. The molecule has 0 atom stereocenters. The van der Waals surface area contributed by atoms with E-state index >= 15 is 0 Å². The number of rotatable bonds is 3. The number of hydrogen-bond donors (Lipinski definition) is 2. The minimum atomic E-state index is -3.75. The second-order valence-corrected chi connectivity index (χ2v) is 5.49. The number of benzene rings is 2. The molecule has 0 aliphatic heterocycles. The van der Waals surface area contributed by atoms with Gasteiger partial charge in [0.1, 0.15) is 4.90 Å². The first-order valence-corrected chi connectivity index (χ1v) is 6.89. The lowest BCUT2D eigenvalue weighted by Crippen LogP contribution is -2.14. The van der Waals surface area contributed by atoms with E-state index in [0.717, 1.165) is 0 Å². The number of para-hydroxylation sites is 1. The Morgan fingerprint density at radius 3 is 2.37 bits per heavy atom. The van der Waals surface area contributed by atoms with Crippen molar-refractivity contribution in [3.05, 3.63) is 54.1 Å². The summed E-state index contributed by atoms with van der Waals surface area (Å²) in [7, 11) is -3.75. The zero-order chi connectivity index (χ0) is 13.9. The summed E-state index contributed by atoms with van der Waals surface area (Å²) >= 11 is 0. The summed E-state index contributed by atoms with van der Waals surface area (Å²) in [5, 5.41) is 8.72. The van der Waals surface area contributed by atoms with Crippen molar-refractivity contribution in [1.29, 1.82) is 5.26 Å². The molecule has 0 aliphatic rings. The molecule has 0 aliphatic carbocycles. The van der Waals surface area contributed by atoms with E-state index < -0.39 is 10.0 Å². The summed E-state index contributed by atoms with van der Waals surface area (Å²) in [4.78, 5) is -0.0460. The summed E-state index contributed by atoms with van der Waals surface area (Å²) in [6, 6.07) is 14.5. The van der Waals surface area contributed by atoms with Crippen LogP contribution >= 0.6 is 0 Å². The molecule has 0 unspecified atom stereocenters. The molecule has 2 rings (SSSR count). The van der Waals surface area contributed by atoms with Crippen LogP contribution < -0.4 is 10.5 Å². The van der Waals surface area contributed by atoms with Crippen LogP contribution in [0.1, 0.15) is 5.56 Å². The SMILES string of the molecule is N#Cc1ccc(S(=O)(=O)Nc2ccccc2)c(N)c1. The molecule has 0 heterocycles. The van der Waals surface area contributed by atoms with Gasteiger partial charge in [-0.05, 0) is 30.3 Å². The van der Waals surface area contributed by atoms with Crippen molar-refractivity contribution in [2.24, 2.45) is 0 Å². The van der Waals surface area contributed by atoms with E-state index in [1.165, 1.54) is 18.2 Å². The van der Waals surface area contributed by atoms with E-state index in [0.29, 0.717) is 11.3 Å². The number of anilines is 2. The molecule has 3 N–H and O–H groups in total. The van der Waals surface area contributed by atoms with Crippen LogP contribution in [0.15, 0.2) is 53.4 Å². The van der Waals surface area contributed by atoms with Crippen LogP contribution in [-0.2, 0) is 10.0 Å². The zero-order valence-corrected chi connectivity index (χ0v) is 10.7. The minimum Gasteiger partial charge on any atom is -0.398 e. The van der Waals surface area contributed by atoms with Gasteiger partial charge in [-0.25, -0.2) is 8.42 Å². The van der Waals surface area contributed by atoms with Gasteiger partial charge in [-0.3, -0.25) is 4.72 Å². The van der Waals surface area contributed by atoms with Crippen LogP contribution in [0.4, 0.5) is 11.4 Å². The quantitative estimate of drug-likeness (QED) is 0.835. The topological polar surface area (TPSA) is 96.0 Å². The lowest BCUT2D eigenvalue weighted by molar-refractivity contribution is 0.601. The van der Waals surface area contributed by atoms with Gasteiger partial charge < -0.3 is 5.73 Å². The van der Waals surface area contributed by atoms with Gasteiger partial charge in [-0.15, -0.1) is 0 Å². The van der Waals surface area contributed by atoms with Gasteiger partial charge in [-0.1, -0.05) is 18.2 Å². The van der Waals surface area contributed by atoms with Gasteiger partial charge in [0.25, 0.3) is 10.0 Å². The summed E-state index contributed by atoms with van der Waals surface area (Å²) in [6.07, 6.45) is 0. The average molecular weight is 273 g/mol. The van der Waals surface area contributed by atoms with Crippen LogP contribution in [0.5, 0.6) is 0 Å². The second-order valence-electron chi connectivity index (χ2n) is 3.84. The molecule has 0 amide bonds. The predicted octanol–water partition coefficient (Wildman–Crippen LogP) is 1.94. The highest BCUT2D eigenvalue weighted by Crippen LogP contribution is 2.22. The van der Waals surface area contributed by atoms with Crippen molar-refractivity contribution in [1.82, 2.24) is 0 Å². The number of hydrogen-bond acceptors (Lipinski definition) is 4. The molecule has 2 aromatic rings. The smallest absolute Gasteiger partial charge is 0.263 e. The summed E-state index contributed by atoms with van der Waals surface area (Å²) in [5.41, 5.74) is 6.48. The third kappa shape index (κ3) is 2.84. The Hall–Kier alpha value is -2.52. The number of nitrogens with zero attached hydrogens (tertiary/aromatic N) is 1. The van der Waals surface area contributed by atoms with E-state index in [-0.39, 0.29) is 10.6 Å². The van der Waals surface area contributed by atoms with Crippen LogP contribution in [0.25, 0.3) is 0 Å². The molecule has 0 fully saturated rings. The monoisotopic (exact) mass is 273 g/mol. The van der Waals surface area contributed by atoms with Crippen molar-refractivity contribution in [2.75, 3.05) is 10.5 Å². The summed E-state index contributed by atoms with van der Waals surface area (Å²) < 4.78 is 26.7. The van der Waals surface area contributed by atoms with Crippen molar-refractivity contribution in [3.8, 4) is 6.07 Å². The number of sulfonamides is 1. The first-order valence-electron chi connectivity index (χ1n) is 5.40. The average Bonchev–Trinajstić information content (AvgIpc) is 2.38. The van der Waals surface area contributed by atoms with Crippen molar-refractivity contribution >= 4 is 21.4 Å². The molecule has 0 spiro atoms. The number of nitrogen functional groups attached to an aromatic ring is 1. The van der Waals surface area contributed by atoms with E-state index in [1.807, 2.05) is 6.07 Å². The van der Waals surface area contributed by atoms with Crippen LogP contribution in [-0.4, -0.2) is 8.42 Å². The molecule has 0 bridgehead atoms. The van der Waals surface area contributed by atoms with Gasteiger partial charge >= 0.3 is 0 Å². The third-order valence-electron chi connectivity index (χ3n) is 2.45. The lowest BCUT2D eigenvalue weighted by Gasteiger charge is -2.10. The Labute approximate surface area is 111 Å².